The molecule has 1 aromatic heterocycles. The number of halogens is 3. The lowest BCUT2D eigenvalue weighted by molar-refractivity contribution is -0.192. The molecule has 1 aliphatic rings. The van der Waals surface area contributed by atoms with Gasteiger partial charge in [0, 0.05) is 36.9 Å². The number of ether oxygens (including phenoxy) is 2. The van der Waals surface area contributed by atoms with Gasteiger partial charge < -0.3 is 30.9 Å². The number of alkyl halides is 3. The summed E-state index contributed by atoms with van der Waals surface area (Å²) < 4.78 is 72.2. The molecule has 52 heavy (non-hydrogen) atoms. The summed E-state index contributed by atoms with van der Waals surface area (Å²) in [6.07, 6.45) is -0.798. The number of carboxylic acid groups (broad SMARTS) is 1. The molecule has 0 spiro atoms. The Hall–Kier alpha value is -5.09. The maximum atomic E-state index is 14.0. The molecule has 16 heteroatoms. The second kappa shape index (κ2) is 17.4. The summed E-state index contributed by atoms with van der Waals surface area (Å²) in [6, 6.07) is 18.9. The predicted molar refractivity (Wildman–Crippen MR) is 190 cm³/mol. The lowest BCUT2D eigenvalue weighted by atomic mass is 10.0. The summed E-state index contributed by atoms with van der Waals surface area (Å²) >= 11 is 0. The van der Waals surface area contributed by atoms with Gasteiger partial charge in [0.1, 0.15) is 11.9 Å². The molecule has 280 valence electrons. The molecule has 5 N–H and O–H groups in total. The van der Waals surface area contributed by atoms with E-state index in [-0.39, 0.29) is 23.5 Å². The van der Waals surface area contributed by atoms with Gasteiger partial charge in [-0.15, -0.1) is 0 Å². The van der Waals surface area contributed by atoms with Crippen molar-refractivity contribution in [1.82, 2.24) is 14.6 Å². The Bertz CT molecular complexity index is 1970. The molecular weight excluding hydrogens is 703 g/mol. The normalized spacial score (nSPS) is 14.2. The highest BCUT2D eigenvalue weighted by Crippen LogP contribution is 2.34. The summed E-state index contributed by atoms with van der Waals surface area (Å²) in [5, 5.41) is 15.2. The number of nitrogens with two attached hydrogens (primary N) is 1. The van der Waals surface area contributed by atoms with E-state index < -0.39 is 28.2 Å². The number of sulfonamides is 1. The van der Waals surface area contributed by atoms with Gasteiger partial charge in [0.15, 0.2) is 11.5 Å². The first kappa shape index (κ1) is 39.7. The number of carboxylic acids is 1. The number of hydrogen-bond donors (Lipinski definition) is 4. The smallest absolute Gasteiger partial charge is 0.490 e. The van der Waals surface area contributed by atoms with Gasteiger partial charge in [0.25, 0.3) is 0 Å². The van der Waals surface area contributed by atoms with E-state index in [1.54, 1.807) is 46.9 Å². The van der Waals surface area contributed by atoms with Crippen molar-refractivity contribution in [2.24, 2.45) is 0 Å². The van der Waals surface area contributed by atoms with Crippen LogP contribution in [0.3, 0.4) is 0 Å². The zero-order valence-corrected chi connectivity index (χ0v) is 29.8. The minimum Gasteiger partial charge on any atom is -0.490 e. The molecule has 0 bridgehead atoms. The predicted octanol–water partition coefficient (Wildman–Crippen LogP) is 6.28. The Kier molecular flexibility index (Phi) is 13.3. The summed E-state index contributed by atoms with van der Waals surface area (Å²) in [5.41, 5.74) is 7.93. The number of anilines is 2. The van der Waals surface area contributed by atoms with Crippen molar-refractivity contribution in [2.75, 3.05) is 30.7 Å². The van der Waals surface area contributed by atoms with Crippen LogP contribution in [-0.2, 0) is 26.2 Å². The maximum absolute atomic E-state index is 14.0. The zero-order chi connectivity index (χ0) is 38.1. The standard InChI is InChI=1S/C34H41N5O5S.C2HF3O2/c1-4-43-30-21-25(12-15-29(30)44-23(2)3)32(38-27-13-14-28-24(20-27)16-17-36-33(28)35)34(40)37-22-26-10-6-7-11-31(26)45(41,42)39-18-8-5-9-19-39;3-2(4,5)1(6)7/h6-7,10-17,20-21,23,32,38H,4-5,8-9,18-19,22H2,1-3H3,(H2,35,36)(H,37,40);(H,6,7). The average molecular weight is 746 g/mol. The van der Waals surface area contributed by atoms with Crippen molar-refractivity contribution in [3.8, 4) is 11.5 Å². The Balaban J connectivity index is 0.000000785. The van der Waals surface area contributed by atoms with Gasteiger partial charge in [-0.05, 0) is 92.6 Å². The quantitative estimate of drug-likeness (QED) is 0.129. The van der Waals surface area contributed by atoms with Crippen molar-refractivity contribution >= 4 is 44.2 Å². The van der Waals surface area contributed by atoms with Crippen LogP contribution in [0.4, 0.5) is 24.7 Å². The second-order valence-electron chi connectivity index (χ2n) is 12.1. The van der Waals surface area contributed by atoms with Crippen molar-refractivity contribution in [2.45, 2.75) is 69.8 Å². The highest BCUT2D eigenvalue weighted by Gasteiger charge is 2.38. The highest BCUT2D eigenvalue weighted by atomic mass is 32.2. The van der Waals surface area contributed by atoms with Gasteiger partial charge in [-0.25, -0.2) is 18.2 Å². The topological polar surface area (TPSA) is 173 Å². The second-order valence-corrected chi connectivity index (χ2v) is 14.0. The highest BCUT2D eigenvalue weighted by molar-refractivity contribution is 7.89. The van der Waals surface area contributed by atoms with Crippen LogP contribution in [-0.4, -0.2) is 66.7 Å². The molecule has 3 aromatic carbocycles. The number of piperidine rings is 1. The molecule has 0 radical (unpaired) electrons. The Labute approximate surface area is 300 Å². The molecule has 5 rings (SSSR count). The lowest BCUT2D eigenvalue weighted by Gasteiger charge is -2.27. The molecule has 4 aromatic rings. The SMILES string of the molecule is CCOc1cc(C(Nc2ccc3c(N)nccc3c2)C(=O)NCc2ccccc2S(=O)(=O)N2CCCCC2)ccc1OC(C)C.O=C(O)C(F)(F)F. The van der Waals surface area contributed by atoms with Crippen molar-refractivity contribution in [1.29, 1.82) is 0 Å². The number of aliphatic carboxylic acids is 1. The molecule has 1 fully saturated rings. The number of nitrogen functional groups attached to an aromatic ring is 1. The van der Waals surface area contributed by atoms with Crippen molar-refractivity contribution < 1.29 is 45.8 Å². The van der Waals surface area contributed by atoms with E-state index in [1.807, 2.05) is 51.1 Å². The third kappa shape index (κ3) is 10.3. The minimum absolute atomic E-state index is 0.0348. The monoisotopic (exact) mass is 745 g/mol. The fourth-order valence-electron chi connectivity index (χ4n) is 5.51. The third-order valence-corrected chi connectivity index (χ3v) is 9.93. The number of fused-ring (bicyclic) bond motifs is 1. The lowest BCUT2D eigenvalue weighted by Crippen LogP contribution is -2.37. The molecule has 1 amide bonds. The fourth-order valence-corrected chi connectivity index (χ4v) is 7.25. The molecule has 1 aliphatic heterocycles. The third-order valence-electron chi connectivity index (χ3n) is 7.93. The number of nitrogens with one attached hydrogen (secondary N) is 2. The van der Waals surface area contributed by atoms with E-state index in [4.69, 9.17) is 25.1 Å². The largest absolute Gasteiger partial charge is 0.490 e. The van der Waals surface area contributed by atoms with Crippen LogP contribution in [0.1, 0.15) is 57.2 Å². The number of benzene rings is 3. The summed E-state index contributed by atoms with van der Waals surface area (Å²) in [4.78, 5) is 27.3. The first-order valence-corrected chi connectivity index (χ1v) is 18.1. The van der Waals surface area contributed by atoms with Gasteiger partial charge in [0.2, 0.25) is 15.9 Å². The van der Waals surface area contributed by atoms with E-state index >= 15 is 0 Å². The Morgan fingerprint density at radius 1 is 1.00 bits per heavy atom. The number of carbonyl (C=O) groups excluding carboxylic acids is 1. The number of rotatable bonds is 12. The van der Waals surface area contributed by atoms with Crippen LogP contribution in [0, 0.1) is 0 Å². The molecule has 1 atom stereocenters. The number of hydrogen-bond acceptors (Lipinski definition) is 9. The van der Waals surface area contributed by atoms with Gasteiger partial charge in [-0.1, -0.05) is 30.7 Å². The number of amides is 1. The van der Waals surface area contributed by atoms with Crippen LogP contribution in [0.25, 0.3) is 10.8 Å². The number of carbonyl (C=O) groups is 2. The number of aromatic nitrogens is 1. The first-order chi connectivity index (χ1) is 24.6. The molecule has 0 aliphatic carbocycles. The summed E-state index contributed by atoms with van der Waals surface area (Å²) in [5.74, 6) is -1.56. The molecule has 2 heterocycles. The van der Waals surface area contributed by atoms with E-state index in [9.17, 15) is 26.4 Å². The summed E-state index contributed by atoms with van der Waals surface area (Å²) in [7, 11) is -3.69. The first-order valence-electron chi connectivity index (χ1n) is 16.6. The van der Waals surface area contributed by atoms with Crippen LogP contribution in [0.5, 0.6) is 11.5 Å². The number of pyridine rings is 1. The number of nitrogens with zero attached hydrogens (tertiary/aromatic N) is 2. The van der Waals surface area contributed by atoms with Crippen molar-refractivity contribution in [3.05, 3.63) is 84.1 Å². The van der Waals surface area contributed by atoms with Crippen LogP contribution < -0.4 is 25.8 Å². The van der Waals surface area contributed by atoms with E-state index in [2.05, 4.69) is 15.6 Å². The summed E-state index contributed by atoms with van der Waals surface area (Å²) in [6.45, 7) is 7.22. The van der Waals surface area contributed by atoms with Crippen molar-refractivity contribution in [3.63, 3.8) is 0 Å². The van der Waals surface area contributed by atoms with E-state index in [1.165, 1.54) is 0 Å². The Morgan fingerprint density at radius 2 is 1.69 bits per heavy atom. The van der Waals surface area contributed by atoms with E-state index in [0.29, 0.717) is 53.8 Å². The zero-order valence-electron chi connectivity index (χ0n) is 28.9. The van der Waals surface area contributed by atoms with Gasteiger partial charge in [0.05, 0.1) is 17.6 Å². The molecule has 1 saturated heterocycles. The maximum Gasteiger partial charge on any atom is 0.490 e. The van der Waals surface area contributed by atoms with Crippen LogP contribution >= 0.6 is 0 Å². The molecule has 12 nitrogen and oxygen atoms in total. The average Bonchev–Trinajstić information content (AvgIpc) is 3.10. The Morgan fingerprint density at radius 3 is 2.35 bits per heavy atom. The molecule has 1 unspecified atom stereocenters. The molecule has 0 saturated carbocycles. The van der Waals surface area contributed by atoms with Crippen LogP contribution in [0.15, 0.2) is 77.8 Å². The van der Waals surface area contributed by atoms with Crippen LogP contribution in [0.2, 0.25) is 0 Å². The fraction of sp³-hybridized carbons (Fsp3) is 0.361. The minimum atomic E-state index is -5.08. The van der Waals surface area contributed by atoms with Gasteiger partial charge in [-0.3, -0.25) is 4.79 Å². The van der Waals surface area contributed by atoms with Gasteiger partial charge >= 0.3 is 12.1 Å². The molecular formula is C36H42F3N5O7S. The van der Waals surface area contributed by atoms with Gasteiger partial charge in [-0.2, -0.15) is 17.5 Å². The van der Waals surface area contributed by atoms with E-state index in [0.717, 1.165) is 30.0 Å².